The van der Waals surface area contributed by atoms with E-state index in [9.17, 15) is 14.7 Å². The molecule has 0 saturated carbocycles. The number of carbonyl (C=O) groups is 2. The lowest BCUT2D eigenvalue weighted by Crippen LogP contribution is -2.29. The van der Waals surface area contributed by atoms with Crippen LogP contribution in [0.3, 0.4) is 0 Å². The van der Waals surface area contributed by atoms with Crippen molar-refractivity contribution in [3.05, 3.63) is 94.6 Å². The summed E-state index contributed by atoms with van der Waals surface area (Å²) in [6.45, 7) is 6.66. The number of ketones is 1. The lowest BCUT2D eigenvalue weighted by Gasteiger charge is -2.23. The molecule has 2 heterocycles. The van der Waals surface area contributed by atoms with E-state index < -0.39 is 17.7 Å². The van der Waals surface area contributed by atoms with Gasteiger partial charge in [0.15, 0.2) is 5.13 Å². The van der Waals surface area contributed by atoms with Crippen LogP contribution in [0.2, 0.25) is 0 Å². The molecule has 1 unspecified atom stereocenters. The van der Waals surface area contributed by atoms with E-state index >= 15 is 0 Å². The summed E-state index contributed by atoms with van der Waals surface area (Å²) in [7, 11) is 0. The van der Waals surface area contributed by atoms with Crippen molar-refractivity contribution < 1.29 is 19.4 Å². The van der Waals surface area contributed by atoms with Crippen molar-refractivity contribution in [2.24, 2.45) is 0 Å². The molecule has 3 aromatic carbocycles. The molecular formula is C30H28N2O4S. The van der Waals surface area contributed by atoms with E-state index in [1.807, 2.05) is 68.4 Å². The van der Waals surface area contributed by atoms with Gasteiger partial charge in [0.05, 0.1) is 28.4 Å². The van der Waals surface area contributed by atoms with E-state index in [0.29, 0.717) is 28.6 Å². The van der Waals surface area contributed by atoms with Gasteiger partial charge >= 0.3 is 5.91 Å². The zero-order chi connectivity index (χ0) is 26.1. The van der Waals surface area contributed by atoms with Crippen molar-refractivity contribution in [1.29, 1.82) is 0 Å². The number of unbranched alkanes of at least 4 members (excludes halogenated alkanes) is 1. The topological polar surface area (TPSA) is 79.7 Å². The van der Waals surface area contributed by atoms with Crippen molar-refractivity contribution in [2.45, 2.75) is 39.7 Å². The predicted molar refractivity (Wildman–Crippen MR) is 147 cm³/mol. The van der Waals surface area contributed by atoms with Crippen molar-refractivity contribution in [2.75, 3.05) is 11.5 Å². The number of rotatable bonds is 7. The fourth-order valence-electron chi connectivity index (χ4n) is 4.42. The molecular weight excluding hydrogens is 484 g/mol. The van der Waals surface area contributed by atoms with Crippen molar-refractivity contribution in [1.82, 2.24) is 4.98 Å². The maximum Gasteiger partial charge on any atom is 0.301 e. The quantitative estimate of drug-likeness (QED) is 0.129. The molecule has 1 fully saturated rings. The van der Waals surface area contributed by atoms with Gasteiger partial charge in [-0.1, -0.05) is 72.7 Å². The first-order chi connectivity index (χ1) is 17.9. The minimum atomic E-state index is -0.826. The molecule has 0 radical (unpaired) electrons. The Kier molecular flexibility index (Phi) is 6.80. The molecule has 188 valence electrons. The SMILES string of the molecule is CCCCOc1ccc(C2C(=C(O)c3ccc(C)cc3)C(=O)C(=O)N2c2nc3ccc(C)cc3s2)cc1. The zero-order valence-electron chi connectivity index (χ0n) is 21.0. The van der Waals surface area contributed by atoms with Crippen LogP contribution in [0.15, 0.2) is 72.3 Å². The standard InChI is InChI=1S/C30H28N2O4S/c1-4-5-16-36-22-13-11-20(12-14-22)26-25(27(33)21-9-6-18(2)7-10-21)28(34)29(35)32(26)30-31-23-15-8-19(3)17-24(23)37-30/h6-15,17,26,33H,4-5,16H2,1-3H3. The summed E-state index contributed by atoms with van der Waals surface area (Å²) in [5, 5.41) is 11.7. The number of hydrogen-bond acceptors (Lipinski definition) is 6. The van der Waals surface area contributed by atoms with Crippen molar-refractivity contribution >= 4 is 44.1 Å². The van der Waals surface area contributed by atoms with Gasteiger partial charge in [0.2, 0.25) is 0 Å². The molecule has 0 bridgehead atoms. The molecule has 1 aromatic heterocycles. The molecule has 6 nitrogen and oxygen atoms in total. The summed E-state index contributed by atoms with van der Waals surface area (Å²) in [5.41, 5.74) is 4.07. The third kappa shape index (κ3) is 4.74. The fraction of sp³-hybridized carbons (Fsp3) is 0.233. The average molecular weight is 513 g/mol. The van der Waals surface area contributed by atoms with Gasteiger partial charge in [-0.15, -0.1) is 0 Å². The molecule has 0 spiro atoms. The smallest absolute Gasteiger partial charge is 0.301 e. The summed E-state index contributed by atoms with van der Waals surface area (Å²) < 4.78 is 6.73. The highest BCUT2D eigenvalue weighted by Gasteiger charge is 2.48. The molecule has 1 atom stereocenters. The Balaban J connectivity index is 1.64. The minimum absolute atomic E-state index is 0.0453. The molecule has 1 amide bonds. The van der Waals surface area contributed by atoms with Crippen molar-refractivity contribution in [3.8, 4) is 5.75 Å². The van der Waals surface area contributed by atoms with Gasteiger partial charge in [0.25, 0.3) is 5.78 Å². The Morgan fingerprint density at radius 2 is 1.70 bits per heavy atom. The number of carbonyl (C=O) groups excluding carboxylic acids is 2. The number of hydrogen-bond donors (Lipinski definition) is 1. The summed E-state index contributed by atoms with van der Waals surface area (Å²) >= 11 is 1.35. The number of aromatic nitrogens is 1. The van der Waals surface area contributed by atoms with Crippen LogP contribution in [0.5, 0.6) is 5.75 Å². The number of benzene rings is 3. The first-order valence-corrected chi connectivity index (χ1v) is 13.2. The van der Waals surface area contributed by atoms with E-state index in [2.05, 4.69) is 11.9 Å². The van der Waals surface area contributed by atoms with Gasteiger partial charge in [0, 0.05) is 5.56 Å². The van der Waals surface area contributed by atoms with Crippen LogP contribution in [-0.2, 0) is 9.59 Å². The number of ether oxygens (including phenoxy) is 1. The lowest BCUT2D eigenvalue weighted by atomic mass is 9.95. The predicted octanol–water partition coefficient (Wildman–Crippen LogP) is 6.72. The normalized spacial score (nSPS) is 17.1. The largest absolute Gasteiger partial charge is 0.507 e. The second-order valence-corrected chi connectivity index (χ2v) is 10.3. The molecule has 1 saturated heterocycles. The van der Waals surface area contributed by atoms with Crippen LogP contribution >= 0.6 is 11.3 Å². The fourth-order valence-corrected chi connectivity index (χ4v) is 5.51. The number of amides is 1. The third-order valence-electron chi connectivity index (χ3n) is 6.47. The highest BCUT2D eigenvalue weighted by molar-refractivity contribution is 7.22. The summed E-state index contributed by atoms with van der Waals surface area (Å²) in [5.74, 6) is -0.936. The van der Waals surface area contributed by atoms with E-state index in [-0.39, 0.29) is 11.3 Å². The number of nitrogens with zero attached hydrogens (tertiary/aromatic N) is 2. The number of aryl methyl sites for hydroxylation is 2. The van der Waals surface area contributed by atoms with Gasteiger partial charge in [-0.25, -0.2) is 4.98 Å². The zero-order valence-corrected chi connectivity index (χ0v) is 21.8. The number of anilines is 1. The van der Waals surface area contributed by atoms with E-state index in [0.717, 1.165) is 34.2 Å². The summed E-state index contributed by atoms with van der Waals surface area (Å²) in [6, 6.07) is 19.6. The molecule has 0 aliphatic carbocycles. The Bertz CT molecular complexity index is 1500. The molecule has 1 N–H and O–H groups in total. The molecule has 1 aliphatic rings. The van der Waals surface area contributed by atoms with Crippen LogP contribution < -0.4 is 9.64 Å². The molecule has 4 aromatic rings. The molecule has 7 heteroatoms. The molecule has 37 heavy (non-hydrogen) atoms. The van der Waals surface area contributed by atoms with Gasteiger partial charge < -0.3 is 9.84 Å². The first kappa shape index (κ1) is 24.7. The van der Waals surface area contributed by atoms with Crippen molar-refractivity contribution in [3.63, 3.8) is 0 Å². The number of aliphatic hydroxyl groups is 1. The van der Waals surface area contributed by atoms with Gasteiger partial charge in [-0.2, -0.15) is 0 Å². The second-order valence-electron chi connectivity index (χ2n) is 9.27. The maximum atomic E-state index is 13.4. The Morgan fingerprint density at radius 3 is 2.41 bits per heavy atom. The highest BCUT2D eigenvalue weighted by atomic mass is 32.1. The lowest BCUT2D eigenvalue weighted by molar-refractivity contribution is -0.132. The van der Waals surface area contributed by atoms with E-state index in [1.54, 1.807) is 12.1 Å². The van der Waals surface area contributed by atoms with Crippen LogP contribution in [0.1, 0.15) is 48.1 Å². The van der Waals surface area contributed by atoms with Gasteiger partial charge in [0.1, 0.15) is 11.5 Å². The maximum absolute atomic E-state index is 13.4. The third-order valence-corrected chi connectivity index (χ3v) is 7.49. The van der Waals surface area contributed by atoms with E-state index in [1.165, 1.54) is 16.2 Å². The number of aliphatic hydroxyl groups excluding tert-OH is 1. The van der Waals surface area contributed by atoms with Gasteiger partial charge in [-0.05, 0) is 55.7 Å². The Labute approximate surface area is 219 Å². The summed E-state index contributed by atoms with van der Waals surface area (Å²) in [6.07, 6.45) is 1.99. The molecule has 1 aliphatic heterocycles. The second kappa shape index (κ2) is 10.2. The Hall–Kier alpha value is -3.97. The number of Topliss-reactive ketones (excluding diaryl/α,β-unsaturated/α-hetero) is 1. The number of thiazole rings is 1. The van der Waals surface area contributed by atoms with Crippen LogP contribution in [0.25, 0.3) is 16.0 Å². The van der Waals surface area contributed by atoms with Crippen LogP contribution in [0, 0.1) is 13.8 Å². The first-order valence-electron chi connectivity index (χ1n) is 12.4. The highest BCUT2D eigenvalue weighted by Crippen LogP contribution is 2.44. The summed E-state index contributed by atoms with van der Waals surface area (Å²) in [4.78, 5) is 33.0. The minimum Gasteiger partial charge on any atom is -0.507 e. The molecule has 5 rings (SSSR count). The number of fused-ring (bicyclic) bond motifs is 1. The Morgan fingerprint density at radius 1 is 1.00 bits per heavy atom. The van der Waals surface area contributed by atoms with Gasteiger partial charge in [-0.3, -0.25) is 14.5 Å². The van der Waals surface area contributed by atoms with Crippen LogP contribution in [-0.4, -0.2) is 28.4 Å². The monoisotopic (exact) mass is 512 g/mol. The average Bonchev–Trinajstić information content (AvgIpc) is 3.42. The van der Waals surface area contributed by atoms with E-state index in [4.69, 9.17) is 4.74 Å². The van der Waals surface area contributed by atoms with Crippen LogP contribution in [0.4, 0.5) is 5.13 Å².